The number of halogens is 2. The zero-order valence-electron chi connectivity index (χ0n) is 11.5. The van der Waals surface area contributed by atoms with Gasteiger partial charge in [-0.1, -0.05) is 6.07 Å². The first-order valence-electron chi connectivity index (χ1n) is 6.68. The summed E-state index contributed by atoms with van der Waals surface area (Å²) in [5.41, 5.74) is 6.55. The molecule has 1 fully saturated rings. The van der Waals surface area contributed by atoms with Gasteiger partial charge in [0.25, 0.3) is 0 Å². The highest BCUT2D eigenvalue weighted by Gasteiger charge is 2.23. The van der Waals surface area contributed by atoms with E-state index < -0.39 is 6.04 Å². The molecule has 1 heterocycles. The highest BCUT2D eigenvalue weighted by Crippen LogP contribution is 2.18. The minimum Gasteiger partial charge on any atom is -0.339 e. The smallest absolute Gasteiger partial charge is 0.239 e. The number of rotatable bonds is 3. The maximum absolute atomic E-state index is 13.5. The SMILES string of the molecule is CC(N)C(=O)N1CCN(Cc2ccc(Br)c(F)c2)CC1. The number of nitrogens with two attached hydrogens (primary N) is 1. The first-order chi connectivity index (χ1) is 9.47. The fourth-order valence-corrected chi connectivity index (χ4v) is 2.56. The minimum atomic E-state index is -0.442. The van der Waals surface area contributed by atoms with Crippen molar-refractivity contribution in [2.24, 2.45) is 5.73 Å². The molecule has 0 spiro atoms. The first-order valence-corrected chi connectivity index (χ1v) is 7.47. The molecule has 1 unspecified atom stereocenters. The van der Waals surface area contributed by atoms with E-state index in [1.54, 1.807) is 24.0 Å². The van der Waals surface area contributed by atoms with E-state index in [1.165, 1.54) is 0 Å². The van der Waals surface area contributed by atoms with Crippen LogP contribution in [0.4, 0.5) is 4.39 Å². The lowest BCUT2D eigenvalue weighted by Gasteiger charge is -2.35. The van der Waals surface area contributed by atoms with Gasteiger partial charge < -0.3 is 10.6 Å². The molecule has 0 aromatic heterocycles. The van der Waals surface area contributed by atoms with Gasteiger partial charge in [0.1, 0.15) is 5.82 Å². The van der Waals surface area contributed by atoms with Crippen LogP contribution in [-0.2, 0) is 11.3 Å². The van der Waals surface area contributed by atoms with E-state index in [-0.39, 0.29) is 11.7 Å². The molecule has 1 atom stereocenters. The monoisotopic (exact) mass is 343 g/mol. The number of hydrogen-bond acceptors (Lipinski definition) is 3. The maximum Gasteiger partial charge on any atom is 0.239 e. The lowest BCUT2D eigenvalue weighted by atomic mass is 10.2. The van der Waals surface area contributed by atoms with Gasteiger partial charge in [-0.15, -0.1) is 0 Å². The molecule has 1 amide bonds. The molecular weight excluding hydrogens is 325 g/mol. The Balaban J connectivity index is 1.88. The van der Waals surface area contributed by atoms with Crippen molar-refractivity contribution in [2.45, 2.75) is 19.5 Å². The van der Waals surface area contributed by atoms with Crippen molar-refractivity contribution in [1.82, 2.24) is 9.80 Å². The van der Waals surface area contributed by atoms with Crippen LogP contribution < -0.4 is 5.73 Å². The minimum absolute atomic E-state index is 0.000615. The first kappa shape index (κ1) is 15.4. The van der Waals surface area contributed by atoms with Gasteiger partial charge >= 0.3 is 0 Å². The molecule has 110 valence electrons. The molecule has 2 N–H and O–H groups in total. The van der Waals surface area contributed by atoms with Gasteiger partial charge in [0.05, 0.1) is 10.5 Å². The standard InChI is InChI=1S/C14H19BrFN3O/c1-10(17)14(20)19-6-4-18(5-7-19)9-11-2-3-12(15)13(16)8-11/h2-3,8,10H,4-7,9,17H2,1H3. The lowest BCUT2D eigenvalue weighted by molar-refractivity contribution is -0.134. The number of carbonyl (C=O) groups excluding carboxylic acids is 1. The van der Waals surface area contributed by atoms with Crippen LogP contribution in [0.5, 0.6) is 0 Å². The molecule has 0 saturated carbocycles. The molecule has 1 saturated heterocycles. The van der Waals surface area contributed by atoms with Crippen molar-refractivity contribution in [3.05, 3.63) is 34.1 Å². The van der Waals surface area contributed by atoms with Crippen LogP contribution in [0.1, 0.15) is 12.5 Å². The molecule has 1 aromatic carbocycles. The molecule has 1 aromatic rings. The van der Waals surface area contributed by atoms with Crippen LogP contribution in [0.25, 0.3) is 0 Å². The van der Waals surface area contributed by atoms with Crippen LogP contribution in [-0.4, -0.2) is 47.9 Å². The molecule has 4 nitrogen and oxygen atoms in total. The van der Waals surface area contributed by atoms with Gasteiger partial charge in [0, 0.05) is 32.7 Å². The van der Waals surface area contributed by atoms with Crippen LogP contribution in [0.15, 0.2) is 22.7 Å². The van der Waals surface area contributed by atoms with E-state index in [2.05, 4.69) is 20.8 Å². The molecule has 2 rings (SSSR count). The summed E-state index contributed by atoms with van der Waals surface area (Å²) >= 11 is 3.15. The fraction of sp³-hybridized carbons (Fsp3) is 0.500. The fourth-order valence-electron chi connectivity index (χ4n) is 2.31. The number of nitrogens with zero attached hydrogens (tertiary/aromatic N) is 2. The van der Waals surface area contributed by atoms with E-state index in [9.17, 15) is 9.18 Å². The number of carbonyl (C=O) groups is 1. The van der Waals surface area contributed by atoms with E-state index >= 15 is 0 Å². The molecule has 1 aliphatic rings. The summed E-state index contributed by atoms with van der Waals surface area (Å²) in [7, 11) is 0. The van der Waals surface area contributed by atoms with Gasteiger partial charge in [-0.3, -0.25) is 9.69 Å². The summed E-state index contributed by atoms with van der Waals surface area (Å²) < 4.78 is 13.9. The Kier molecular flexibility index (Phi) is 5.12. The zero-order chi connectivity index (χ0) is 14.7. The normalized spacial score (nSPS) is 18.1. The lowest BCUT2D eigenvalue weighted by Crippen LogP contribution is -2.52. The average molecular weight is 344 g/mol. The van der Waals surface area contributed by atoms with E-state index in [1.807, 2.05) is 6.07 Å². The molecule has 20 heavy (non-hydrogen) atoms. The quantitative estimate of drug-likeness (QED) is 0.906. The third kappa shape index (κ3) is 3.77. The predicted molar refractivity (Wildman–Crippen MR) is 79.6 cm³/mol. The van der Waals surface area contributed by atoms with Gasteiger partial charge in [0.15, 0.2) is 0 Å². The zero-order valence-corrected chi connectivity index (χ0v) is 13.1. The Bertz CT molecular complexity index is 487. The summed E-state index contributed by atoms with van der Waals surface area (Å²) in [6.07, 6.45) is 0. The highest BCUT2D eigenvalue weighted by atomic mass is 79.9. The van der Waals surface area contributed by atoms with Crippen molar-refractivity contribution in [3.8, 4) is 0 Å². The van der Waals surface area contributed by atoms with E-state index in [0.29, 0.717) is 24.1 Å². The Labute approximate surface area is 126 Å². The summed E-state index contributed by atoms with van der Waals surface area (Å²) in [5, 5.41) is 0. The Morgan fingerprint density at radius 2 is 2.05 bits per heavy atom. The van der Waals surface area contributed by atoms with Crippen molar-refractivity contribution in [3.63, 3.8) is 0 Å². The van der Waals surface area contributed by atoms with Crippen molar-refractivity contribution in [1.29, 1.82) is 0 Å². The van der Waals surface area contributed by atoms with Crippen LogP contribution in [0.2, 0.25) is 0 Å². The maximum atomic E-state index is 13.5. The molecular formula is C14H19BrFN3O. The Morgan fingerprint density at radius 3 is 2.60 bits per heavy atom. The summed E-state index contributed by atoms with van der Waals surface area (Å²) in [4.78, 5) is 15.8. The van der Waals surface area contributed by atoms with E-state index in [0.717, 1.165) is 18.7 Å². The molecule has 0 radical (unpaired) electrons. The number of piperazine rings is 1. The number of benzene rings is 1. The second kappa shape index (κ2) is 6.65. The molecule has 6 heteroatoms. The van der Waals surface area contributed by atoms with Crippen molar-refractivity contribution in [2.75, 3.05) is 26.2 Å². The van der Waals surface area contributed by atoms with Crippen LogP contribution >= 0.6 is 15.9 Å². The third-order valence-corrected chi connectivity index (χ3v) is 4.11. The summed E-state index contributed by atoms with van der Waals surface area (Å²) in [5.74, 6) is -0.243. The molecule has 0 bridgehead atoms. The van der Waals surface area contributed by atoms with Crippen molar-refractivity contribution < 1.29 is 9.18 Å². The predicted octanol–water partition coefficient (Wildman–Crippen LogP) is 1.58. The van der Waals surface area contributed by atoms with Crippen LogP contribution in [0.3, 0.4) is 0 Å². The second-order valence-corrected chi connectivity index (χ2v) is 5.99. The topological polar surface area (TPSA) is 49.6 Å². The van der Waals surface area contributed by atoms with Crippen LogP contribution in [0, 0.1) is 5.82 Å². The second-order valence-electron chi connectivity index (χ2n) is 5.14. The highest BCUT2D eigenvalue weighted by molar-refractivity contribution is 9.10. The molecule has 0 aliphatic carbocycles. The Morgan fingerprint density at radius 1 is 1.40 bits per heavy atom. The number of hydrogen-bond donors (Lipinski definition) is 1. The van der Waals surface area contributed by atoms with Crippen molar-refractivity contribution >= 4 is 21.8 Å². The summed E-state index contributed by atoms with van der Waals surface area (Å²) in [6, 6.07) is 4.73. The largest absolute Gasteiger partial charge is 0.339 e. The number of amides is 1. The van der Waals surface area contributed by atoms with Gasteiger partial charge in [-0.25, -0.2) is 4.39 Å². The summed E-state index contributed by atoms with van der Waals surface area (Å²) in [6.45, 7) is 5.34. The average Bonchev–Trinajstić information content (AvgIpc) is 2.43. The van der Waals surface area contributed by atoms with Gasteiger partial charge in [-0.05, 0) is 40.5 Å². The third-order valence-electron chi connectivity index (χ3n) is 3.46. The van der Waals surface area contributed by atoms with Gasteiger partial charge in [0.2, 0.25) is 5.91 Å². The molecule has 1 aliphatic heterocycles. The van der Waals surface area contributed by atoms with E-state index in [4.69, 9.17) is 5.73 Å². The Hall–Kier alpha value is -0.980. The van der Waals surface area contributed by atoms with Gasteiger partial charge in [-0.2, -0.15) is 0 Å².